The number of halogens is 5. The minimum Gasteiger partial charge on any atom is -0.375 e. The second-order valence-corrected chi connectivity index (χ2v) is 8.47. The number of anilines is 2. The fourth-order valence-electron chi connectivity index (χ4n) is 3.65. The number of hydrogen-bond acceptors (Lipinski definition) is 5. The van der Waals surface area contributed by atoms with Crippen molar-refractivity contribution >= 4 is 46.4 Å². The van der Waals surface area contributed by atoms with E-state index in [1.807, 2.05) is 0 Å². The molecule has 0 spiro atoms. The van der Waals surface area contributed by atoms with Gasteiger partial charge in [-0.25, -0.2) is 0 Å². The molecule has 2 aliphatic rings. The first-order valence-corrected chi connectivity index (χ1v) is 10.8. The van der Waals surface area contributed by atoms with Crippen LogP contribution >= 0.6 is 23.2 Å². The van der Waals surface area contributed by atoms with Crippen molar-refractivity contribution in [1.29, 1.82) is 0 Å². The SMILES string of the molecule is C=CC(=O)N1CC(N2CCN(C(=O)CNc3cc(Cl)c(Cl)cc3NCC(F)(F)F)CC2)C1. The Morgan fingerprint density at radius 3 is 2.12 bits per heavy atom. The Hall–Kier alpha value is -2.17. The maximum absolute atomic E-state index is 12.6. The average Bonchev–Trinajstić information content (AvgIpc) is 2.71. The van der Waals surface area contributed by atoms with Crippen LogP contribution in [-0.2, 0) is 9.59 Å². The van der Waals surface area contributed by atoms with Crippen LogP contribution in [0.4, 0.5) is 24.5 Å². The molecule has 176 valence electrons. The van der Waals surface area contributed by atoms with E-state index in [0.29, 0.717) is 39.3 Å². The Bertz CT molecular complexity index is 870. The zero-order valence-electron chi connectivity index (χ0n) is 17.2. The lowest BCUT2D eigenvalue weighted by Crippen LogP contribution is -2.64. The molecular formula is C20H24Cl2F3N5O2. The Morgan fingerprint density at radius 2 is 1.59 bits per heavy atom. The molecule has 2 N–H and O–H groups in total. The van der Waals surface area contributed by atoms with Gasteiger partial charge in [0.15, 0.2) is 0 Å². The minimum absolute atomic E-state index is 0.0764. The molecule has 2 heterocycles. The molecule has 7 nitrogen and oxygen atoms in total. The first-order chi connectivity index (χ1) is 15.1. The van der Waals surface area contributed by atoms with Crippen molar-refractivity contribution in [1.82, 2.24) is 14.7 Å². The molecule has 0 radical (unpaired) electrons. The first-order valence-electron chi connectivity index (χ1n) is 10.0. The predicted octanol–water partition coefficient (Wildman–Crippen LogP) is 2.92. The third-order valence-electron chi connectivity index (χ3n) is 5.50. The molecule has 0 unspecified atom stereocenters. The van der Waals surface area contributed by atoms with E-state index in [4.69, 9.17) is 23.2 Å². The van der Waals surface area contributed by atoms with Gasteiger partial charge in [0, 0.05) is 45.3 Å². The highest BCUT2D eigenvalue weighted by Crippen LogP contribution is 2.33. The topological polar surface area (TPSA) is 67.9 Å². The molecule has 1 aromatic carbocycles. The maximum Gasteiger partial charge on any atom is 0.405 e. The summed E-state index contributed by atoms with van der Waals surface area (Å²) < 4.78 is 37.7. The molecule has 32 heavy (non-hydrogen) atoms. The fraction of sp³-hybridized carbons (Fsp3) is 0.500. The maximum atomic E-state index is 12.6. The highest BCUT2D eigenvalue weighted by atomic mass is 35.5. The average molecular weight is 494 g/mol. The highest BCUT2D eigenvalue weighted by molar-refractivity contribution is 6.42. The Kier molecular flexibility index (Phi) is 7.79. The third-order valence-corrected chi connectivity index (χ3v) is 6.22. The minimum atomic E-state index is -4.41. The van der Waals surface area contributed by atoms with Crippen LogP contribution in [0.3, 0.4) is 0 Å². The third kappa shape index (κ3) is 6.20. The predicted molar refractivity (Wildman–Crippen MR) is 118 cm³/mol. The quantitative estimate of drug-likeness (QED) is 0.571. The van der Waals surface area contributed by atoms with Crippen LogP contribution in [0, 0.1) is 0 Å². The normalized spacial score (nSPS) is 17.7. The van der Waals surface area contributed by atoms with E-state index in [9.17, 15) is 22.8 Å². The summed E-state index contributed by atoms with van der Waals surface area (Å²) in [6, 6.07) is 2.97. The molecule has 0 aromatic heterocycles. The number of hydrogen-bond donors (Lipinski definition) is 2. The second kappa shape index (κ2) is 10.2. The zero-order chi connectivity index (χ0) is 23.5. The van der Waals surface area contributed by atoms with Crippen molar-refractivity contribution in [3.63, 3.8) is 0 Å². The highest BCUT2D eigenvalue weighted by Gasteiger charge is 2.35. The molecule has 0 aliphatic carbocycles. The lowest BCUT2D eigenvalue weighted by Gasteiger charge is -2.47. The lowest BCUT2D eigenvalue weighted by atomic mass is 10.1. The number of piperazine rings is 1. The fourth-order valence-corrected chi connectivity index (χ4v) is 3.98. The van der Waals surface area contributed by atoms with Crippen LogP contribution in [-0.4, -0.2) is 91.1 Å². The largest absolute Gasteiger partial charge is 0.405 e. The molecule has 3 rings (SSSR count). The Balaban J connectivity index is 1.49. The van der Waals surface area contributed by atoms with E-state index in [0.717, 1.165) is 0 Å². The molecule has 2 fully saturated rings. The second-order valence-electron chi connectivity index (χ2n) is 7.65. The van der Waals surface area contributed by atoms with Crippen molar-refractivity contribution in [3.8, 4) is 0 Å². The van der Waals surface area contributed by atoms with Crippen LogP contribution in [0.2, 0.25) is 10.0 Å². The summed E-state index contributed by atoms with van der Waals surface area (Å²) in [5.41, 5.74) is 0.370. The van der Waals surface area contributed by atoms with Gasteiger partial charge in [0.1, 0.15) is 6.54 Å². The summed E-state index contributed by atoms with van der Waals surface area (Å²) in [6.07, 6.45) is -3.10. The van der Waals surface area contributed by atoms with E-state index in [2.05, 4.69) is 22.1 Å². The number of carbonyl (C=O) groups excluding carboxylic acids is 2. The summed E-state index contributed by atoms with van der Waals surface area (Å²) in [6.45, 7) is 5.92. The molecule has 2 saturated heterocycles. The van der Waals surface area contributed by atoms with Gasteiger partial charge in [-0.05, 0) is 18.2 Å². The van der Waals surface area contributed by atoms with Crippen molar-refractivity contribution in [2.75, 3.05) is 63.0 Å². The summed E-state index contributed by atoms with van der Waals surface area (Å²) >= 11 is 11.9. The summed E-state index contributed by atoms with van der Waals surface area (Å²) in [5.74, 6) is -0.248. The van der Waals surface area contributed by atoms with Gasteiger partial charge in [-0.2, -0.15) is 13.2 Å². The van der Waals surface area contributed by atoms with E-state index in [1.165, 1.54) is 18.2 Å². The van der Waals surface area contributed by atoms with Gasteiger partial charge in [-0.15, -0.1) is 0 Å². The van der Waals surface area contributed by atoms with Gasteiger partial charge in [0.05, 0.1) is 28.0 Å². The van der Waals surface area contributed by atoms with Gasteiger partial charge in [-0.3, -0.25) is 14.5 Å². The standard InChI is InChI=1S/C20H24Cl2F3N5O2/c1-2-18(31)30-10-13(11-30)28-3-5-29(6-4-28)19(32)9-26-16-7-14(21)15(22)8-17(16)27-12-20(23,24)25/h2,7-8,13,26-27H,1,3-6,9-12H2. The lowest BCUT2D eigenvalue weighted by molar-refractivity contribution is -0.135. The summed E-state index contributed by atoms with van der Waals surface area (Å²) in [7, 11) is 0. The van der Waals surface area contributed by atoms with E-state index in [-0.39, 0.29) is 45.8 Å². The van der Waals surface area contributed by atoms with E-state index in [1.54, 1.807) is 9.80 Å². The molecule has 1 aromatic rings. The van der Waals surface area contributed by atoms with Gasteiger partial charge in [0.2, 0.25) is 11.8 Å². The number of nitrogens with zero attached hydrogens (tertiary/aromatic N) is 3. The van der Waals surface area contributed by atoms with Crippen LogP contribution in [0.25, 0.3) is 0 Å². The van der Waals surface area contributed by atoms with Crippen LogP contribution in [0.5, 0.6) is 0 Å². The molecule has 0 bridgehead atoms. The molecule has 0 atom stereocenters. The van der Waals surface area contributed by atoms with Crippen molar-refractivity contribution in [2.24, 2.45) is 0 Å². The van der Waals surface area contributed by atoms with E-state index >= 15 is 0 Å². The Labute approximate surface area is 194 Å². The van der Waals surface area contributed by atoms with Gasteiger partial charge in [0.25, 0.3) is 0 Å². The smallest absolute Gasteiger partial charge is 0.375 e. The number of rotatable bonds is 7. The van der Waals surface area contributed by atoms with Crippen molar-refractivity contribution in [2.45, 2.75) is 12.2 Å². The number of benzene rings is 1. The van der Waals surface area contributed by atoms with Crippen molar-refractivity contribution < 1.29 is 22.8 Å². The first kappa shape index (κ1) is 24.5. The number of likely N-dealkylation sites (tertiary alicyclic amines) is 1. The van der Waals surface area contributed by atoms with Gasteiger partial charge in [-0.1, -0.05) is 29.8 Å². The molecule has 2 amide bonds. The molecule has 0 saturated carbocycles. The van der Waals surface area contributed by atoms with Crippen molar-refractivity contribution in [3.05, 3.63) is 34.8 Å². The van der Waals surface area contributed by atoms with Gasteiger partial charge >= 0.3 is 6.18 Å². The Morgan fingerprint density at radius 1 is 1.03 bits per heavy atom. The number of alkyl halides is 3. The van der Waals surface area contributed by atoms with Crippen LogP contribution in [0.15, 0.2) is 24.8 Å². The summed E-state index contributed by atoms with van der Waals surface area (Å²) in [4.78, 5) is 29.9. The zero-order valence-corrected chi connectivity index (χ0v) is 18.7. The number of amides is 2. The molecule has 2 aliphatic heterocycles. The summed E-state index contributed by atoms with van der Waals surface area (Å²) in [5, 5.41) is 5.41. The molecular weight excluding hydrogens is 470 g/mol. The number of carbonyl (C=O) groups is 2. The number of nitrogens with one attached hydrogen (secondary N) is 2. The van der Waals surface area contributed by atoms with Crippen LogP contribution < -0.4 is 10.6 Å². The molecule has 12 heteroatoms. The van der Waals surface area contributed by atoms with E-state index < -0.39 is 12.7 Å². The van der Waals surface area contributed by atoms with Gasteiger partial charge < -0.3 is 20.4 Å². The van der Waals surface area contributed by atoms with Crippen LogP contribution in [0.1, 0.15) is 0 Å². The monoisotopic (exact) mass is 493 g/mol.